The maximum absolute atomic E-state index is 13.3. The Hall–Kier alpha value is -2.58. The number of carbonyl (C=O) groups is 1. The van der Waals surface area contributed by atoms with Gasteiger partial charge < -0.3 is 25.4 Å². The fourth-order valence-electron chi connectivity index (χ4n) is 3.30. The molecule has 29 heavy (non-hydrogen) atoms. The van der Waals surface area contributed by atoms with Gasteiger partial charge in [-0.15, -0.1) is 0 Å². The van der Waals surface area contributed by atoms with Crippen LogP contribution in [0.3, 0.4) is 0 Å². The number of hydrogen-bond acceptors (Lipinski definition) is 4. The molecular weight excluding hydrogens is 454 g/mol. The summed E-state index contributed by atoms with van der Waals surface area (Å²) in [5.74, 6) is 0.858. The van der Waals surface area contributed by atoms with Crippen LogP contribution < -0.4 is 25.4 Å². The number of para-hydroxylation sites is 1. The number of ether oxygens (including phenoxy) is 2. The number of aryl methyl sites for hydroxylation is 1. The fraction of sp³-hybridized carbons (Fsp3) is 0.238. The summed E-state index contributed by atoms with van der Waals surface area (Å²) >= 11 is 8.86. The third-order valence-electron chi connectivity index (χ3n) is 4.69. The largest absolute Gasteiger partial charge is 0.493 e. The third kappa shape index (κ3) is 4.38. The van der Waals surface area contributed by atoms with Crippen molar-refractivity contribution in [1.82, 2.24) is 10.6 Å². The van der Waals surface area contributed by atoms with Crippen molar-refractivity contribution in [2.24, 2.45) is 0 Å². The lowest BCUT2D eigenvalue weighted by Crippen LogP contribution is -2.45. The molecule has 6 nitrogen and oxygen atoms in total. The zero-order valence-electron chi connectivity index (χ0n) is 16.6. The molecule has 1 aliphatic heterocycles. The van der Waals surface area contributed by atoms with E-state index in [-0.39, 0.29) is 5.91 Å². The van der Waals surface area contributed by atoms with Crippen molar-refractivity contribution in [3.05, 3.63) is 63.3 Å². The lowest BCUT2D eigenvalue weighted by Gasteiger charge is -2.31. The van der Waals surface area contributed by atoms with E-state index in [1.165, 1.54) is 0 Å². The van der Waals surface area contributed by atoms with Gasteiger partial charge in [-0.05, 0) is 49.8 Å². The van der Waals surface area contributed by atoms with Crippen molar-refractivity contribution in [3.63, 3.8) is 0 Å². The van der Waals surface area contributed by atoms with Gasteiger partial charge in [0.2, 0.25) is 0 Å². The molecule has 1 amide bonds. The van der Waals surface area contributed by atoms with Crippen molar-refractivity contribution >= 4 is 44.9 Å². The quantitative estimate of drug-likeness (QED) is 0.562. The number of halogens is 1. The van der Waals surface area contributed by atoms with Crippen LogP contribution in [0.15, 0.2) is 52.1 Å². The lowest BCUT2D eigenvalue weighted by molar-refractivity contribution is -0.113. The smallest absolute Gasteiger partial charge is 0.255 e. The number of amides is 1. The Morgan fingerprint density at radius 3 is 2.55 bits per heavy atom. The van der Waals surface area contributed by atoms with E-state index in [4.69, 9.17) is 21.7 Å². The number of thiocarbonyl (C=S) groups is 1. The summed E-state index contributed by atoms with van der Waals surface area (Å²) in [7, 11) is 3.14. The van der Waals surface area contributed by atoms with Gasteiger partial charge in [0.25, 0.3) is 5.91 Å². The molecule has 0 aliphatic carbocycles. The number of anilines is 1. The minimum Gasteiger partial charge on any atom is -0.493 e. The lowest BCUT2D eigenvalue weighted by atomic mass is 9.93. The molecule has 0 bridgehead atoms. The molecule has 0 aromatic heterocycles. The highest BCUT2D eigenvalue weighted by atomic mass is 79.9. The van der Waals surface area contributed by atoms with Crippen LogP contribution in [0, 0.1) is 6.92 Å². The van der Waals surface area contributed by atoms with E-state index in [0.717, 1.165) is 21.3 Å². The normalized spacial score (nSPS) is 16.0. The molecule has 0 saturated heterocycles. The number of benzene rings is 2. The minimum atomic E-state index is -0.519. The van der Waals surface area contributed by atoms with Gasteiger partial charge in [0.1, 0.15) is 0 Å². The Morgan fingerprint density at radius 2 is 1.90 bits per heavy atom. The Kier molecular flexibility index (Phi) is 6.44. The maximum Gasteiger partial charge on any atom is 0.255 e. The SMILES string of the molecule is COc1cc(Br)cc([C@H]2NC(=S)NC(C)=C2C(=O)Nc2ccccc2C)c1OC. The number of methoxy groups -OCH3 is 2. The third-order valence-corrected chi connectivity index (χ3v) is 5.37. The van der Waals surface area contributed by atoms with Crippen LogP contribution >= 0.6 is 28.1 Å². The van der Waals surface area contributed by atoms with Crippen molar-refractivity contribution in [2.75, 3.05) is 19.5 Å². The summed E-state index contributed by atoms with van der Waals surface area (Å²) < 4.78 is 11.9. The van der Waals surface area contributed by atoms with E-state index >= 15 is 0 Å². The van der Waals surface area contributed by atoms with E-state index < -0.39 is 6.04 Å². The van der Waals surface area contributed by atoms with Crippen LogP contribution in [0.2, 0.25) is 0 Å². The molecule has 2 aromatic rings. The number of nitrogens with one attached hydrogen (secondary N) is 3. The van der Waals surface area contributed by atoms with Gasteiger partial charge in [-0.1, -0.05) is 34.1 Å². The summed E-state index contributed by atoms with van der Waals surface area (Å²) in [5.41, 5.74) is 3.65. The number of hydrogen-bond donors (Lipinski definition) is 3. The molecule has 2 aromatic carbocycles. The molecule has 1 aliphatic rings. The van der Waals surface area contributed by atoms with Gasteiger partial charge in [0, 0.05) is 21.4 Å². The first-order valence-electron chi connectivity index (χ1n) is 8.92. The molecule has 0 saturated carbocycles. The van der Waals surface area contributed by atoms with Gasteiger partial charge in [-0.2, -0.15) is 0 Å². The number of rotatable bonds is 5. The van der Waals surface area contributed by atoms with E-state index in [1.807, 2.05) is 50.2 Å². The average Bonchev–Trinajstić information content (AvgIpc) is 2.68. The first-order valence-corrected chi connectivity index (χ1v) is 10.1. The second-order valence-corrected chi connectivity index (χ2v) is 7.89. The molecule has 152 valence electrons. The summed E-state index contributed by atoms with van der Waals surface area (Å²) in [4.78, 5) is 13.3. The zero-order valence-corrected chi connectivity index (χ0v) is 19.0. The van der Waals surface area contributed by atoms with Crippen molar-refractivity contribution in [1.29, 1.82) is 0 Å². The monoisotopic (exact) mass is 475 g/mol. The topological polar surface area (TPSA) is 71.6 Å². The Bertz CT molecular complexity index is 1010. The highest BCUT2D eigenvalue weighted by molar-refractivity contribution is 9.10. The van der Waals surface area contributed by atoms with Gasteiger partial charge in [0.05, 0.1) is 25.8 Å². The minimum absolute atomic E-state index is 0.231. The Labute approximate surface area is 183 Å². The van der Waals surface area contributed by atoms with Crippen LogP contribution in [0.1, 0.15) is 24.1 Å². The first-order chi connectivity index (χ1) is 13.8. The van der Waals surface area contributed by atoms with Crippen LogP contribution in [-0.4, -0.2) is 25.2 Å². The van der Waals surface area contributed by atoms with E-state index in [0.29, 0.717) is 27.9 Å². The van der Waals surface area contributed by atoms with Crippen LogP contribution in [0.25, 0.3) is 0 Å². The second kappa shape index (κ2) is 8.84. The van der Waals surface area contributed by atoms with Gasteiger partial charge in [-0.25, -0.2) is 0 Å². The van der Waals surface area contributed by atoms with E-state index in [2.05, 4.69) is 31.9 Å². The standard InChI is InChI=1S/C21H22BrN3O3S/c1-11-7-5-6-8-15(11)24-20(26)17-12(2)23-21(29)25-18(17)14-9-13(22)10-16(27-3)19(14)28-4/h5-10,18H,1-4H3,(H,24,26)(H2,23,25,29)/t18-/m1/s1. The summed E-state index contributed by atoms with van der Waals surface area (Å²) in [6.45, 7) is 3.78. The molecule has 1 atom stereocenters. The average molecular weight is 476 g/mol. The molecule has 0 unspecified atom stereocenters. The molecular formula is C21H22BrN3O3S. The summed E-state index contributed by atoms with van der Waals surface area (Å²) in [5, 5.41) is 9.67. The van der Waals surface area contributed by atoms with Crippen LogP contribution in [0.5, 0.6) is 11.5 Å². The second-order valence-electron chi connectivity index (χ2n) is 6.57. The predicted molar refractivity (Wildman–Crippen MR) is 121 cm³/mol. The predicted octanol–water partition coefficient (Wildman–Crippen LogP) is 4.21. The molecule has 0 radical (unpaired) electrons. The molecule has 8 heteroatoms. The molecule has 0 fully saturated rings. The van der Waals surface area contributed by atoms with Gasteiger partial charge >= 0.3 is 0 Å². The first kappa shape index (κ1) is 21.1. The van der Waals surface area contributed by atoms with Crippen LogP contribution in [-0.2, 0) is 4.79 Å². The molecule has 0 spiro atoms. The number of allylic oxidation sites excluding steroid dienone is 1. The Balaban J connectivity index is 2.09. The van der Waals surface area contributed by atoms with Gasteiger partial charge in [-0.3, -0.25) is 4.79 Å². The highest BCUT2D eigenvalue weighted by Crippen LogP contribution is 2.41. The Morgan fingerprint density at radius 1 is 1.17 bits per heavy atom. The van der Waals surface area contributed by atoms with Crippen LogP contribution in [0.4, 0.5) is 5.69 Å². The van der Waals surface area contributed by atoms with Gasteiger partial charge in [0.15, 0.2) is 16.6 Å². The zero-order chi connectivity index (χ0) is 21.1. The van der Waals surface area contributed by atoms with Crippen molar-refractivity contribution in [3.8, 4) is 11.5 Å². The molecule has 3 N–H and O–H groups in total. The summed E-state index contributed by atoms with van der Waals surface area (Å²) in [6.07, 6.45) is 0. The molecule has 3 rings (SSSR count). The van der Waals surface area contributed by atoms with E-state index in [1.54, 1.807) is 14.2 Å². The highest BCUT2D eigenvalue weighted by Gasteiger charge is 2.33. The van der Waals surface area contributed by atoms with Crippen molar-refractivity contribution < 1.29 is 14.3 Å². The van der Waals surface area contributed by atoms with E-state index in [9.17, 15) is 4.79 Å². The maximum atomic E-state index is 13.3. The number of carbonyl (C=O) groups excluding carboxylic acids is 1. The molecule has 1 heterocycles. The fourth-order valence-corrected chi connectivity index (χ4v) is 4.03. The summed E-state index contributed by atoms with van der Waals surface area (Å²) in [6, 6.07) is 10.8. The van der Waals surface area contributed by atoms with Crippen molar-refractivity contribution in [2.45, 2.75) is 19.9 Å².